The molecule has 0 fully saturated rings. The first-order valence-corrected chi connectivity index (χ1v) is 12.6. The van der Waals surface area contributed by atoms with Gasteiger partial charge in [-0.15, -0.1) is 3.63 Å². The molecule has 2 aromatic rings. The molecule has 0 saturated heterocycles. The molecule has 0 spiro atoms. The minimum atomic E-state index is -4.51. The van der Waals surface area contributed by atoms with E-state index in [1.807, 2.05) is 0 Å². The molecule has 9 nitrogen and oxygen atoms in total. The molecule has 0 aliphatic carbocycles. The van der Waals surface area contributed by atoms with Crippen LogP contribution >= 0.6 is 0 Å². The molecule has 0 amide bonds. The highest BCUT2D eigenvalue weighted by atomic mass is 32.3. The second kappa shape index (κ2) is 5.85. The Morgan fingerprint density at radius 2 is 1.38 bits per heavy atom. The normalized spacial score (nSPS) is 17.9. The summed E-state index contributed by atoms with van der Waals surface area (Å²) in [6, 6.07) is 6.74. The van der Waals surface area contributed by atoms with Gasteiger partial charge < -0.3 is 0 Å². The van der Waals surface area contributed by atoms with E-state index in [1.54, 1.807) is 0 Å². The fourth-order valence-electron chi connectivity index (χ4n) is 2.42. The lowest BCUT2D eigenvalue weighted by Gasteiger charge is -2.08. The Bertz CT molecular complexity index is 1310. The van der Waals surface area contributed by atoms with Crippen LogP contribution in [0.4, 0.5) is 0 Å². The second-order valence-electron chi connectivity index (χ2n) is 5.35. The van der Waals surface area contributed by atoms with Crippen molar-refractivity contribution in [2.24, 2.45) is 0 Å². The van der Waals surface area contributed by atoms with Gasteiger partial charge in [0.1, 0.15) is 9.79 Å². The van der Waals surface area contributed by atoms with Crippen molar-refractivity contribution < 1.29 is 37.3 Å². The Hall–Kier alpha value is -1.80. The minimum absolute atomic E-state index is 0.172. The number of benzene rings is 2. The summed E-state index contributed by atoms with van der Waals surface area (Å²) in [4.78, 5) is -1.94. The Morgan fingerprint density at radius 3 is 1.96 bits per heavy atom. The highest BCUT2D eigenvalue weighted by Gasteiger charge is 2.40. The van der Waals surface area contributed by atoms with E-state index in [-0.39, 0.29) is 11.1 Å². The van der Waals surface area contributed by atoms with Crippen LogP contribution in [0.3, 0.4) is 0 Å². The molecule has 3 rings (SSSR count). The third-order valence-corrected chi connectivity index (χ3v) is 8.96. The Balaban J connectivity index is 2.28. The second-order valence-corrected chi connectivity index (χ2v) is 11.6. The maximum atomic E-state index is 11.9. The molecule has 0 bridgehead atoms. The standard InChI is InChI=1S/C13H10O9S4/c1-24(16,17)12-6-8(2-4-10(12)23(14)15)9-3-5-11-13(7-9)26(20,21)22-25(11,18)19/h2-7,23H,1H3. The van der Waals surface area contributed by atoms with E-state index in [4.69, 9.17) is 0 Å². The molecule has 0 atom stereocenters. The molecule has 1 heterocycles. The molecule has 1 aliphatic heterocycles. The van der Waals surface area contributed by atoms with E-state index in [2.05, 4.69) is 3.63 Å². The van der Waals surface area contributed by atoms with Gasteiger partial charge in [0.25, 0.3) is 0 Å². The quantitative estimate of drug-likeness (QED) is 0.661. The number of thiol groups is 1. The van der Waals surface area contributed by atoms with Gasteiger partial charge in [-0.1, -0.05) is 12.1 Å². The number of rotatable bonds is 3. The third kappa shape index (κ3) is 3.16. The fourth-order valence-corrected chi connectivity index (χ4v) is 7.64. The molecule has 26 heavy (non-hydrogen) atoms. The van der Waals surface area contributed by atoms with E-state index in [9.17, 15) is 33.7 Å². The summed E-state index contributed by atoms with van der Waals surface area (Å²) in [5, 5.41) is 0. The Kier molecular flexibility index (Phi) is 4.27. The molecule has 140 valence electrons. The van der Waals surface area contributed by atoms with Crippen LogP contribution in [0, 0.1) is 0 Å². The zero-order chi connectivity index (χ0) is 19.5. The summed E-state index contributed by atoms with van der Waals surface area (Å²) in [7, 11) is -16.0. The highest BCUT2D eigenvalue weighted by molar-refractivity contribution is 8.02. The van der Waals surface area contributed by atoms with E-state index in [0.29, 0.717) is 0 Å². The van der Waals surface area contributed by atoms with Crippen molar-refractivity contribution in [1.82, 2.24) is 0 Å². The lowest BCUT2D eigenvalue weighted by molar-refractivity contribution is 0.475. The monoisotopic (exact) mass is 438 g/mol. The van der Waals surface area contributed by atoms with E-state index < -0.39 is 60.4 Å². The van der Waals surface area contributed by atoms with Gasteiger partial charge in [-0.3, -0.25) is 0 Å². The summed E-state index contributed by atoms with van der Waals surface area (Å²) in [6.45, 7) is 0. The molecular formula is C13H10O9S4. The van der Waals surface area contributed by atoms with Crippen LogP contribution in [0.5, 0.6) is 0 Å². The van der Waals surface area contributed by atoms with Crippen LogP contribution in [-0.2, 0) is 44.4 Å². The average Bonchev–Trinajstić information content (AvgIpc) is 2.70. The maximum Gasteiger partial charge on any atom is 0.313 e. The van der Waals surface area contributed by atoms with Crippen molar-refractivity contribution in [2.45, 2.75) is 19.6 Å². The molecule has 13 heteroatoms. The lowest BCUT2D eigenvalue weighted by atomic mass is 10.1. The van der Waals surface area contributed by atoms with Crippen LogP contribution in [-0.4, -0.2) is 39.9 Å². The van der Waals surface area contributed by atoms with Gasteiger partial charge in [0, 0.05) is 6.26 Å². The van der Waals surface area contributed by atoms with Crippen molar-refractivity contribution in [3.05, 3.63) is 36.4 Å². The summed E-state index contributed by atoms with van der Waals surface area (Å²) < 4.78 is 97.3. The first-order chi connectivity index (χ1) is 11.8. The number of hydrogen-bond donors (Lipinski definition) is 1. The van der Waals surface area contributed by atoms with Crippen molar-refractivity contribution in [2.75, 3.05) is 6.26 Å². The van der Waals surface area contributed by atoms with Gasteiger partial charge in [0.15, 0.2) is 20.5 Å². The third-order valence-electron chi connectivity index (χ3n) is 3.55. The molecule has 1 aliphatic rings. The van der Waals surface area contributed by atoms with Gasteiger partial charge in [-0.05, 0) is 35.4 Å². The minimum Gasteiger partial charge on any atom is -0.227 e. The molecular weight excluding hydrogens is 428 g/mol. The van der Waals surface area contributed by atoms with Crippen molar-refractivity contribution in [3.8, 4) is 11.1 Å². The van der Waals surface area contributed by atoms with Gasteiger partial charge >= 0.3 is 20.2 Å². The fraction of sp³-hybridized carbons (Fsp3) is 0.0769. The van der Waals surface area contributed by atoms with E-state index in [1.165, 1.54) is 12.1 Å². The van der Waals surface area contributed by atoms with Crippen LogP contribution < -0.4 is 0 Å². The van der Waals surface area contributed by atoms with Gasteiger partial charge in [0.2, 0.25) is 0 Å². The molecule has 2 aromatic carbocycles. The summed E-state index contributed by atoms with van der Waals surface area (Å²) in [5.74, 6) is 0. The van der Waals surface area contributed by atoms with Gasteiger partial charge in [-0.25, -0.2) is 16.8 Å². The first kappa shape index (κ1) is 19.0. The largest absolute Gasteiger partial charge is 0.313 e. The van der Waals surface area contributed by atoms with Crippen molar-refractivity contribution >= 4 is 40.8 Å². The highest BCUT2D eigenvalue weighted by Crippen LogP contribution is 2.37. The van der Waals surface area contributed by atoms with E-state index >= 15 is 0 Å². The summed E-state index contributed by atoms with van der Waals surface area (Å²) >= 11 is 0. The number of hydrogen-bond acceptors (Lipinski definition) is 9. The predicted octanol–water partition coefficient (Wildman–Crippen LogP) is 0.135. The zero-order valence-electron chi connectivity index (χ0n) is 12.8. The topological polar surface area (TPSA) is 146 Å². The van der Waals surface area contributed by atoms with Crippen LogP contribution in [0.15, 0.2) is 56.0 Å². The Labute approximate surface area is 151 Å². The van der Waals surface area contributed by atoms with Crippen LogP contribution in [0.1, 0.15) is 0 Å². The first-order valence-electron chi connectivity index (χ1n) is 6.67. The molecule has 0 aromatic heterocycles. The molecule has 0 saturated carbocycles. The van der Waals surface area contributed by atoms with Gasteiger partial charge in [0.05, 0.1) is 9.79 Å². The van der Waals surface area contributed by atoms with Crippen LogP contribution in [0.25, 0.3) is 11.1 Å². The van der Waals surface area contributed by atoms with Crippen molar-refractivity contribution in [3.63, 3.8) is 0 Å². The summed E-state index contributed by atoms with van der Waals surface area (Å²) in [6.07, 6.45) is 0.835. The maximum absolute atomic E-state index is 11.9. The number of sulfone groups is 1. The molecule has 0 radical (unpaired) electrons. The lowest BCUT2D eigenvalue weighted by Crippen LogP contribution is -2.02. The molecule has 0 N–H and O–H groups in total. The van der Waals surface area contributed by atoms with Gasteiger partial charge in [-0.2, -0.15) is 16.8 Å². The average molecular weight is 438 g/mol. The molecule has 0 unspecified atom stereocenters. The predicted molar refractivity (Wildman–Crippen MR) is 89.0 cm³/mol. The van der Waals surface area contributed by atoms with Crippen molar-refractivity contribution in [1.29, 1.82) is 0 Å². The SMILES string of the molecule is CS(=O)(=O)c1cc(-c2ccc3c(c2)S(=O)(=O)OS3(=O)=O)ccc1[SH](=O)=O. The smallest absolute Gasteiger partial charge is 0.227 e. The number of fused-ring (bicyclic) bond motifs is 1. The zero-order valence-corrected chi connectivity index (χ0v) is 16.2. The summed E-state index contributed by atoms with van der Waals surface area (Å²) in [5.41, 5.74) is 0.360. The van der Waals surface area contributed by atoms with E-state index in [0.717, 1.165) is 30.5 Å². The van der Waals surface area contributed by atoms with Crippen LogP contribution in [0.2, 0.25) is 0 Å². The Morgan fingerprint density at radius 1 is 0.846 bits per heavy atom.